The first kappa shape index (κ1) is 29.4. The van der Waals surface area contributed by atoms with E-state index in [1.165, 1.54) is 24.3 Å². The molecule has 0 radical (unpaired) electrons. The van der Waals surface area contributed by atoms with E-state index in [0.29, 0.717) is 6.42 Å². The van der Waals surface area contributed by atoms with Crippen LogP contribution in [0.2, 0.25) is 10.0 Å². The molecule has 1 fully saturated rings. The van der Waals surface area contributed by atoms with Gasteiger partial charge in [0.2, 0.25) is 0 Å². The summed E-state index contributed by atoms with van der Waals surface area (Å²) in [7, 11) is 0. The van der Waals surface area contributed by atoms with E-state index in [1.54, 1.807) is 26.8 Å². The molecule has 3 rings (SSSR count). The molecule has 1 N–H and O–H groups in total. The summed E-state index contributed by atoms with van der Waals surface area (Å²) < 4.78 is 37.0. The first-order valence-corrected chi connectivity index (χ1v) is 13.1. The third kappa shape index (κ3) is 5.65. The number of hydrogen-bond donors (Lipinski definition) is 1. The molecule has 0 bridgehead atoms. The fraction of sp³-hybridized carbons (Fsp3) is 0.517. The van der Waals surface area contributed by atoms with Gasteiger partial charge in [-0.2, -0.15) is 5.26 Å². The monoisotopic (exact) mass is 550 g/mol. The molecule has 2 aromatic rings. The van der Waals surface area contributed by atoms with Crippen LogP contribution >= 0.6 is 23.2 Å². The molecule has 4 atom stereocenters. The van der Waals surface area contributed by atoms with Crippen LogP contribution in [0.3, 0.4) is 0 Å². The van der Waals surface area contributed by atoms with Gasteiger partial charge in [-0.3, -0.25) is 10.1 Å². The highest BCUT2D eigenvalue weighted by molar-refractivity contribution is 6.31. The molecular weight excluding hydrogens is 517 g/mol. The lowest BCUT2D eigenvalue weighted by Crippen LogP contribution is -2.46. The fourth-order valence-corrected chi connectivity index (χ4v) is 5.39. The average molecular weight is 552 g/mol. The van der Waals surface area contributed by atoms with Gasteiger partial charge in [-0.15, -0.1) is 0 Å². The fourth-order valence-electron chi connectivity index (χ4n) is 5.05. The van der Waals surface area contributed by atoms with E-state index in [4.69, 9.17) is 27.9 Å². The number of carbonyl (C=O) groups excluding carboxylic acids is 1. The number of nitrogens with one attached hydrogen (secondary N) is 1. The SMILES string of the molecule is CC(C)C(C)(C)C[C@@H]1N[C@@H](C(=O)OC(C)(C)C)[C@H](c2cccc(Cl)c2F)[C@@]1(C#N)c1ccc(Cl)cc1F. The lowest BCUT2D eigenvalue weighted by Gasteiger charge is -2.39. The molecule has 37 heavy (non-hydrogen) atoms. The van der Waals surface area contributed by atoms with Crippen molar-refractivity contribution in [2.24, 2.45) is 11.3 Å². The third-order valence-electron chi connectivity index (χ3n) is 7.59. The molecule has 0 spiro atoms. The maximum Gasteiger partial charge on any atom is 0.324 e. The number of esters is 1. The van der Waals surface area contributed by atoms with Gasteiger partial charge in [0.1, 0.15) is 28.7 Å². The van der Waals surface area contributed by atoms with Crippen LogP contribution in [0, 0.1) is 34.3 Å². The van der Waals surface area contributed by atoms with Crippen molar-refractivity contribution >= 4 is 29.2 Å². The summed E-state index contributed by atoms with van der Waals surface area (Å²) in [6, 6.07) is 8.98. The highest BCUT2D eigenvalue weighted by atomic mass is 35.5. The maximum atomic E-state index is 15.7. The van der Waals surface area contributed by atoms with E-state index >= 15 is 8.78 Å². The van der Waals surface area contributed by atoms with E-state index in [-0.39, 0.29) is 32.5 Å². The van der Waals surface area contributed by atoms with Crippen molar-refractivity contribution in [3.63, 3.8) is 0 Å². The van der Waals surface area contributed by atoms with E-state index in [0.717, 1.165) is 6.07 Å². The Kier molecular flexibility index (Phi) is 8.34. The van der Waals surface area contributed by atoms with Crippen molar-refractivity contribution in [3.8, 4) is 6.07 Å². The second-order valence-electron chi connectivity index (χ2n) is 11.8. The Bertz CT molecular complexity index is 1220. The first-order chi connectivity index (χ1) is 17.0. The molecule has 2 aromatic carbocycles. The Morgan fingerprint density at radius 2 is 1.81 bits per heavy atom. The highest BCUT2D eigenvalue weighted by Crippen LogP contribution is 2.53. The van der Waals surface area contributed by atoms with Gasteiger partial charge in [-0.25, -0.2) is 8.78 Å². The summed E-state index contributed by atoms with van der Waals surface area (Å²) in [5, 5.41) is 14.2. The number of carbonyl (C=O) groups is 1. The van der Waals surface area contributed by atoms with Crippen molar-refractivity contribution < 1.29 is 18.3 Å². The number of nitriles is 1. The summed E-state index contributed by atoms with van der Waals surface area (Å²) in [5.41, 5.74) is -2.77. The minimum Gasteiger partial charge on any atom is -0.459 e. The van der Waals surface area contributed by atoms with Gasteiger partial charge in [0, 0.05) is 22.5 Å². The first-order valence-electron chi connectivity index (χ1n) is 12.3. The number of hydrogen-bond acceptors (Lipinski definition) is 4. The lowest BCUT2D eigenvalue weighted by atomic mass is 9.61. The van der Waals surface area contributed by atoms with Crippen LogP contribution in [0.25, 0.3) is 0 Å². The maximum absolute atomic E-state index is 15.7. The van der Waals surface area contributed by atoms with E-state index in [2.05, 4.69) is 39.1 Å². The topological polar surface area (TPSA) is 62.1 Å². The number of rotatable bonds is 6. The predicted octanol–water partition coefficient (Wildman–Crippen LogP) is 7.57. The number of benzene rings is 2. The molecule has 0 amide bonds. The Morgan fingerprint density at radius 1 is 1.16 bits per heavy atom. The second kappa shape index (κ2) is 10.5. The largest absolute Gasteiger partial charge is 0.459 e. The van der Waals surface area contributed by atoms with Gasteiger partial charge < -0.3 is 4.74 Å². The smallest absolute Gasteiger partial charge is 0.324 e. The van der Waals surface area contributed by atoms with Crippen LogP contribution in [0.4, 0.5) is 8.78 Å². The van der Waals surface area contributed by atoms with Crippen LogP contribution in [0.15, 0.2) is 36.4 Å². The van der Waals surface area contributed by atoms with Gasteiger partial charge in [-0.1, -0.05) is 69.1 Å². The van der Waals surface area contributed by atoms with Gasteiger partial charge in [0.05, 0.1) is 11.1 Å². The molecule has 1 heterocycles. The van der Waals surface area contributed by atoms with Crippen molar-refractivity contribution in [2.45, 2.75) is 83.9 Å². The standard InChI is InChI=1S/C29H34Cl2F2N2O2/c1-16(2)28(6,7)14-22-29(15-34,19-12-11-17(30)13-21(19)32)23(18-9-8-10-20(31)24(18)33)25(35-22)26(36)37-27(3,4)5/h8-13,16,22-23,25,35H,14H2,1-7H3/t22-,23-,25+,29-/m0/s1. The van der Waals surface area contributed by atoms with Crippen LogP contribution in [0.1, 0.15) is 71.9 Å². The Labute approximate surface area is 228 Å². The Morgan fingerprint density at radius 3 is 2.35 bits per heavy atom. The summed E-state index contributed by atoms with van der Waals surface area (Å²) in [4.78, 5) is 13.6. The number of ether oxygens (including phenoxy) is 1. The predicted molar refractivity (Wildman–Crippen MR) is 143 cm³/mol. The summed E-state index contributed by atoms with van der Waals surface area (Å²) in [6.07, 6.45) is 0.401. The molecule has 8 heteroatoms. The lowest BCUT2D eigenvalue weighted by molar-refractivity contribution is -0.157. The molecule has 1 saturated heterocycles. The highest BCUT2D eigenvalue weighted by Gasteiger charge is 2.62. The normalized spacial score (nSPS) is 24.2. The van der Waals surface area contributed by atoms with Crippen molar-refractivity contribution in [2.75, 3.05) is 0 Å². The molecule has 200 valence electrons. The Hall–Kier alpha value is -2.20. The molecule has 1 aliphatic rings. The molecule has 0 saturated carbocycles. The van der Waals surface area contributed by atoms with Gasteiger partial charge >= 0.3 is 5.97 Å². The zero-order valence-electron chi connectivity index (χ0n) is 22.3. The Balaban J connectivity index is 2.38. The quantitative estimate of drug-likeness (QED) is 0.376. The van der Waals surface area contributed by atoms with Crippen LogP contribution in [-0.2, 0) is 14.9 Å². The van der Waals surface area contributed by atoms with E-state index in [9.17, 15) is 10.1 Å². The van der Waals surface area contributed by atoms with Crippen molar-refractivity contribution in [1.82, 2.24) is 5.32 Å². The third-order valence-corrected chi connectivity index (χ3v) is 8.11. The van der Waals surface area contributed by atoms with E-state index in [1.807, 2.05) is 0 Å². The zero-order valence-corrected chi connectivity index (χ0v) is 23.8. The van der Waals surface area contributed by atoms with E-state index < -0.39 is 46.6 Å². The molecular formula is C29H34Cl2F2N2O2. The molecule has 4 nitrogen and oxygen atoms in total. The molecule has 1 aliphatic heterocycles. The minimum absolute atomic E-state index is 0.0342. The van der Waals surface area contributed by atoms with Crippen LogP contribution in [0.5, 0.6) is 0 Å². The minimum atomic E-state index is -1.69. The average Bonchev–Trinajstić information content (AvgIpc) is 3.08. The van der Waals surface area contributed by atoms with Crippen molar-refractivity contribution in [1.29, 1.82) is 5.26 Å². The second-order valence-corrected chi connectivity index (χ2v) is 12.6. The molecule has 0 aromatic heterocycles. The van der Waals surface area contributed by atoms with Crippen LogP contribution in [-0.4, -0.2) is 23.7 Å². The zero-order chi connectivity index (χ0) is 27.9. The van der Waals surface area contributed by atoms with Gasteiger partial charge in [-0.05, 0) is 62.3 Å². The molecule has 0 unspecified atom stereocenters. The van der Waals surface area contributed by atoms with Crippen molar-refractivity contribution in [3.05, 3.63) is 69.2 Å². The summed E-state index contributed by atoms with van der Waals surface area (Å²) >= 11 is 12.2. The molecule has 0 aliphatic carbocycles. The number of halogens is 4. The van der Waals surface area contributed by atoms with Gasteiger partial charge in [0.15, 0.2) is 0 Å². The number of nitrogens with zero attached hydrogens (tertiary/aromatic N) is 1. The summed E-state index contributed by atoms with van der Waals surface area (Å²) in [6.45, 7) is 13.4. The van der Waals surface area contributed by atoms with Crippen LogP contribution < -0.4 is 5.32 Å². The summed E-state index contributed by atoms with van der Waals surface area (Å²) in [5.74, 6) is -3.07. The van der Waals surface area contributed by atoms with Gasteiger partial charge in [0.25, 0.3) is 0 Å².